The van der Waals surface area contributed by atoms with Gasteiger partial charge in [0.05, 0.1) is 0 Å². The second kappa shape index (κ2) is 6.62. The number of hydrogen-bond acceptors (Lipinski definition) is 2. The molecular weight excluding hydrogens is 256 g/mol. The van der Waals surface area contributed by atoms with E-state index in [0.29, 0.717) is 5.69 Å². The van der Waals surface area contributed by atoms with Gasteiger partial charge in [0.25, 0.3) is 0 Å². The van der Waals surface area contributed by atoms with E-state index >= 15 is 0 Å². The average molecular weight is 274 g/mol. The molecular formula is C15H18N2O3. The molecule has 1 aromatic rings. The first-order chi connectivity index (χ1) is 9.35. The number of carboxylic acids is 1. The van der Waals surface area contributed by atoms with Crippen molar-refractivity contribution in [2.45, 2.75) is 26.3 Å². The predicted molar refractivity (Wildman–Crippen MR) is 77.7 cm³/mol. The van der Waals surface area contributed by atoms with E-state index in [-0.39, 0.29) is 6.42 Å². The zero-order valence-electron chi connectivity index (χ0n) is 11.8. The molecule has 0 aromatic heterocycles. The number of aliphatic carboxylic acids is 1. The van der Waals surface area contributed by atoms with Gasteiger partial charge in [0.2, 0.25) is 0 Å². The second-order valence-corrected chi connectivity index (χ2v) is 4.65. The Bertz CT molecular complexity index is 540. The molecule has 0 saturated carbocycles. The van der Waals surface area contributed by atoms with Crippen LogP contribution < -0.4 is 10.2 Å². The molecule has 5 heteroatoms. The molecule has 0 heterocycles. The summed E-state index contributed by atoms with van der Waals surface area (Å²) in [4.78, 5) is 24.4. The van der Waals surface area contributed by atoms with Crippen molar-refractivity contribution in [2.24, 2.45) is 0 Å². The number of nitrogens with one attached hydrogen (secondary N) is 1. The number of rotatable bonds is 4. The molecule has 1 unspecified atom stereocenters. The number of aryl methyl sites for hydroxylation is 2. The first-order valence-electron chi connectivity index (χ1n) is 6.14. The van der Waals surface area contributed by atoms with Crippen molar-refractivity contribution >= 4 is 17.7 Å². The zero-order chi connectivity index (χ0) is 15.3. The summed E-state index contributed by atoms with van der Waals surface area (Å²) in [6.07, 6.45) is 5.04. The quantitative estimate of drug-likeness (QED) is 0.824. The molecule has 0 saturated heterocycles. The van der Waals surface area contributed by atoms with E-state index in [1.54, 1.807) is 7.05 Å². The molecule has 20 heavy (non-hydrogen) atoms. The van der Waals surface area contributed by atoms with Crippen molar-refractivity contribution in [1.29, 1.82) is 0 Å². The third-order valence-corrected chi connectivity index (χ3v) is 2.82. The van der Waals surface area contributed by atoms with Crippen LogP contribution in [0.5, 0.6) is 0 Å². The normalized spacial score (nSPS) is 11.3. The highest BCUT2D eigenvalue weighted by Gasteiger charge is 2.21. The number of urea groups is 1. The van der Waals surface area contributed by atoms with Gasteiger partial charge >= 0.3 is 12.0 Å². The average Bonchev–Trinajstić information content (AvgIpc) is 2.35. The summed E-state index contributed by atoms with van der Waals surface area (Å²) in [5.74, 6) is 1.09. The highest BCUT2D eigenvalue weighted by Crippen LogP contribution is 2.17. The summed E-state index contributed by atoms with van der Waals surface area (Å²) < 4.78 is 0. The molecule has 0 radical (unpaired) electrons. The van der Waals surface area contributed by atoms with Crippen LogP contribution in [0.1, 0.15) is 17.5 Å². The summed E-state index contributed by atoms with van der Waals surface area (Å²) in [6, 6.07) is 4.11. The summed E-state index contributed by atoms with van der Waals surface area (Å²) in [5, 5.41) is 11.4. The Morgan fingerprint density at radius 3 is 2.35 bits per heavy atom. The molecule has 0 aliphatic carbocycles. The van der Waals surface area contributed by atoms with Crippen molar-refractivity contribution in [1.82, 2.24) is 5.32 Å². The fourth-order valence-electron chi connectivity index (χ4n) is 1.83. The van der Waals surface area contributed by atoms with Gasteiger partial charge in [0.15, 0.2) is 0 Å². The van der Waals surface area contributed by atoms with E-state index < -0.39 is 18.0 Å². The van der Waals surface area contributed by atoms with E-state index in [1.807, 2.05) is 32.0 Å². The Balaban J connectivity index is 2.86. The van der Waals surface area contributed by atoms with Crippen molar-refractivity contribution < 1.29 is 14.7 Å². The number of carbonyl (C=O) groups is 2. The van der Waals surface area contributed by atoms with Crippen LogP contribution in [0, 0.1) is 26.2 Å². The maximum absolute atomic E-state index is 12.0. The lowest BCUT2D eigenvalue weighted by Gasteiger charge is -2.21. The molecule has 2 amide bonds. The van der Waals surface area contributed by atoms with Crippen LogP contribution in [-0.4, -0.2) is 30.2 Å². The van der Waals surface area contributed by atoms with E-state index in [1.165, 1.54) is 4.90 Å². The minimum absolute atomic E-state index is 0.0538. The van der Waals surface area contributed by atoms with Crippen LogP contribution in [0.3, 0.4) is 0 Å². The number of carbonyl (C=O) groups excluding carboxylic acids is 1. The molecule has 5 nitrogen and oxygen atoms in total. The summed E-state index contributed by atoms with van der Waals surface area (Å²) in [6.45, 7) is 3.86. The van der Waals surface area contributed by atoms with E-state index in [2.05, 4.69) is 11.2 Å². The molecule has 1 rings (SSSR count). The van der Waals surface area contributed by atoms with E-state index in [9.17, 15) is 9.59 Å². The Labute approximate surface area is 118 Å². The molecule has 0 aliphatic heterocycles. The first-order valence-corrected chi connectivity index (χ1v) is 6.14. The lowest BCUT2D eigenvalue weighted by molar-refractivity contribution is -0.139. The smallest absolute Gasteiger partial charge is 0.327 e. The standard InChI is InChI=1S/C15H18N2O3/c1-5-6-13(14(18)19)16-15(20)17(4)12-8-10(2)7-11(3)9-12/h1,7-9,13H,6H2,2-4H3,(H,16,20)(H,18,19). The SMILES string of the molecule is C#CCC(NC(=O)N(C)c1cc(C)cc(C)c1)C(=O)O. The van der Waals surface area contributed by atoms with Crippen molar-refractivity contribution in [3.05, 3.63) is 29.3 Å². The Morgan fingerprint density at radius 2 is 1.90 bits per heavy atom. The predicted octanol–water partition coefficient (Wildman–Crippen LogP) is 1.93. The van der Waals surface area contributed by atoms with Crippen molar-refractivity contribution in [3.8, 4) is 12.3 Å². The number of hydrogen-bond donors (Lipinski definition) is 2. The number of terminal acetylenes is 1. The van der Waals surface area contributed by atoms with Crippen LogP contribution in [0.2, 0.25) is 0 Å². The van der Waals surface area contributed by atoms with Gasteiger partial charge in [-0.1, -0.05) is 6.07 Å². The lowest BCUT2D eigenvalue weighted by atomic mass is 10.1. The third kappa shape index (κ3) is 4.02. The molecule has 0 fully saturated rings. The second-order valence-electron chi connectivity index (χ2n) is 4.65. The van der Waals surface area contributed by atoms with Gasteiger partial charge in [-0.25, -0.2) is 9.59 Å². The summed E-state index contributed by atoms with van der Waals surface area (Å²) in [7, 11) is 1.58. The minimum atomic E-state index is -1.15. The summed E-state index contributed by atoms with van der Waals surface area (Å²) >= 11 is 0. The minimum Gasteiger partial charge on any atom is -0.480 e. The van der Waals surface area contributed by atoms with E-state index in [4.69, 9.17) is 11.5 Å². The molecule has 0 aliphatic rings. The van der Waals surface area contributed by atoms with Crippen LogP contribution in [-0.2, 0) is 4.79 Å². The van der Waals surface area contributed by atoms with Gasteiger partial charge in [-0.15, -0.1) is 12.3 Å². The Kier molecular flexibility index (Phi) is 5.15. The summed E-state index contributed by atoms with van der Waals surface area (Å²) in [5.41, 5.74) is 2.75. The van der Waals surface area contributed by atoms with Crippen molar-refractivity contribution in [2.75, 3.05) is 11.9 Å². The van der Waals surface area contributed by atoms with Crippen LogP contribution >= 0.6 is 0 Å². The maximum atomic E-state index is 12.0. The number of anilines is 1. The lowest BCUT2D eigenvalue weighted by Crippen LogP contribution is -2.46. The fourth-order valence-corrected chi connectivity index (χ4v) is 1.83. The van der Waals surface area contributed by atoms with Gasteiger partial charge in [-0.05, 0) is 37.1 Å². The van der Waals surface area contributed by atoms with Gasteiger partial charge in [-0.2, -0.15) is 0 Å². The molecule has 106 valence electrons. The first kappa shape index (κ1) is 15.6. The molecule has 2 N–H and O–H groups in total. The van der Waals surface area contributed by atoms with Crippen LogP contribution in [0.15, 0.2) is 18.2 Å². The van der Waals surface area contributed by atoms with Crippen molar-refractivity contribution in [3.63, 3.8) is 0 Å². The fraction of sp³-hybridized carbons (Fsp3) is 0.333. The van der Waals surface area contributed by atoms with Gasteiger partial charge in [0.1, 0.15) is 6.04 Å². The van der Waals surface area contributed by atoms with Gasteiger partial charge in [-0.3, -0.25) is 4.90 Å². The Hall–Kier alpha value is -2.48. The highest BCUT2D eigenvalue weighted by atomic mass is 16.4. The molecule has 1 atom stereocenters. The number of carboxylic acid groups (broad SMARTS) is 1. The zero-order valence-corrected chi connectivity index (χ0v) is 11.8. The third-order valence-electron chi connectivity index (χ3n) is 2.82. The highest BCUT2D eigenvalue weighted by molar-refractivity contribution is 5.94. The maximum Gasteiger partial charge on any atom is 0.327 e. The number of nitrogens with zero attached hydrogens (tertiary/aromatic N) is 1. The van der Waals surface area contributed by atoms with Crippen LogP contribution in [0.25, 0.3) is 0 Å². The number of benzene rings is 1. The Morgan fingerprint density at radius 1 is 1.35 bits per heavy atom. The largest absolute Gasteiger partial charge is 0.480 e. The molecule has 0 spiro atoms. The molecule has 1 aromatic carbocycles. The van der Waals surface area contributed by atoms with Gasteiger partial charge < -0.3 is 10.4 Å². The molecule has 0 bridgehead atoms. The topological polar surface area (TPSA) is 69.6 Å². The van der Waals surface area contributed by atoms with E-state index in [0.717, 1.165) is 11.1 Å². The van der Waals surface area contributed by atoms with Crippen LogP contribution in [0.4, 0.5) is 10.5 Å². The number of amides is 2. The van der Waals surface area contributed by atoms with Gasteiger partial charge in [0, 0.05) is 19.2 Å². The monoisotopic (exact) mass is 274 g/mol.